The molecule has 4 atom stereocenters. The van der Waals surface area contributed by atoms with Gasteiger partial charge >= 0.3 is 0 Å². The number of nitrogens with one attached hydrogen (secondary N) is 2. The molecular formula is C25H31N3O3. The molecule has 31 heavy (non-hydrogen) atoms. The van der Waals surface area contributed by atoms with Crippen molar-refractivity contribution < 1.29 is 14.3 Å². The van der Waals surface area contributed by atoms with Gasteiger partial charge in [-0.2, -0.15) is 0 Å². The van der Waals surface area contributed by atoms with E-state index in [0.29, 0.717) is 19.6 Å². The second-order valence-corrected chi connectivity index (χ2v) is 9.12. The molecule has 4 heterocycles. The molecular weight excluding hydrogens is 390 g/mol. The molecule has 2 bridgehead atoms. The molecule has 1 aromatic heterocycles. The van der Waals surface area contributed by atoms with Gasteiger partial charge in [-0.1, -0.05) is 56.5 Å². The summed E-state index contributed by atoms with van der Waals surface area (Å²) in [6, 6.07) is 8.22. The molecule has 2 saturated heterocycles. The van der Waals surface area contributed by atoms with Crippen molar-refractivity contribution in [3.05, 3.63) is 48.2 Å². The van der Waals surface area contributed by atoms with Crippen molar-refractivity contribution in [1.82, 2.24) is 15.2 Å². The first kappa shape index (κ1) is 20.3. The zero-order valence-corrected chi connectivity index (χ0v) is 18.1. The van der Waals surface area contributed by atoms with E-state index in [4.69, 9.17) is 4.74 Å². The third kappa shape index (κ3) is 3.47. The Balaban J connectivity index is 1.24. The second kappa shape index (κ2) is 8.15. The van der Waals surface area contributed by atoms with Crippen LogP contribution < -0.4 is 5.32 Å². The van der Waals surface area contributed by atoms with E-state index in [2.05, 4.69) is 29.4 Å². The molecule has 3 aliphatic heterocycles. The van der Waals surface area contributed by atoms with Crippen LogP contribution in [0.15, 0.2) is 42.6 Å². The number of likely N-dealkylation sites (tertiary alicyclic amines) is 1. The number of fused-ring (bicyclic) bond motifs is 2. The summed E-state index contributed by atoms with van der Waals surface area (Å²) in [5.41, 5.74) is 1.69. The van der Waals surface area contributed by atoms with E-state index in [1.807, 2.05) is 35.4 Å². The van der Waals surface area contributed by atoms with Gasteiger partial charge in [0.2, 0.25) is 11.8 Å². The molecule has 6 nitrogen and oxygen atoms in total. The molecule has 2 fully saturated rings. The summed E-state index contributed by atoms with van der Waals surface area (Å²) in [6.45, 7) is 4.01. The molecule has 0 radical (unpaired) electrons. The highest BCUT2D eigenvalue weighted by Gasteiger charge is 2.66. The van der Waals surface area contributed by atoms with E-state index < -0.39 is 17.4 Å². The van der Waals surface area contributed by atoms with Crippen molar-refractivity contribution in [1.29, 1.82) is 0 Å². The molecule has 2 amide bonds. The fourth-order valence-corrected chi connectivity index (χ4v) is 5.54. The number of unbranched alkanes of at least 4 members (excludes halogenated alkanes) is 3. The van der Waals surface area contributed by atoms with Crippen molar-refractivity contribution >= 4 is 22.7 Å². The first-order valence-corrected chi connectivity index (χ1v) is 11.6. The molecule has 3 aliphatic rings. The molecule has 2 N–H and O–H groups in total. The highest BCUT2D eigenvalue weighted by atomic mass is 16.5. The third-order valence-electron chi connectivity index (χ3n) is 7.14. The molecule has 1 spiro atoms. The van der Waals surface area contributed by atoms with E-state index in [1.165, 1.54) is 23.8 Å². The zero-order chi connectivity index (χ0) is 21.4. The largest absolute Gasteiger partial charge is 0.361 e. The predicted octanol–water partition coefficient (Wildman–Crippen LogP) is 3.19. The molecule has 1 aromatic carbocycles. The van der Waals surface area contributed by atoms with Crippen molar-refractivity contribution in [3.8, 4) is 0 Å². The van der Waals surface area contributed by atoms with Gasteiger partial charge < -0.3 is 19.9 Å². The number of carbonyl (C=O) groups is 2. The van der Waals surface area contributed by atoms with Crippen LogP contribution >= 0.6 is 0 Å². The maximum absolute atomic E-state index is 13.3. The Morgan fingerprint density at radius 1 is 1.29 bits per heavy atom. The first-order valence-electron chi connectivity index (χ1n) is 11.6. The number of H-pyrrole nitrogens is 1. The van der Waals surface area contributed by atoms with Crippen LogP contribution in [0, 0.1) is 11.8 Å². The third-order valence-corrected chi connectivity index (χ3v) is 7.14. The first-order chi connectivity index (χ1) is 15.1. The van der Waals surface area contributed by atoms with Crippen LogP contribution in [0.4, 0.5) is 0 Å². The maximum Gasteiger partial charge on any atom is 0.230 e. The summed E-state index contributed by atoms with van der Waals surface area (Å²) in [4.78, 5) is 31.5. The lowest BCUT2D eigenvalue weighted by atomic mass is 9.77. The van der Waals surface area contributed by atoms with Gasteiger partial charge in [-0.25, -0.2) is 0 Å². The Bertz CT molecular complexity index is 1010. The second-order valence-electron chi connectivity index (χ2n) is 9.12. The molecule has 0 unspecified atom stereocenters. The minimum absolute atomic E-state index is 0.0375. The summed E-state index contributed by atoms with van der Waals surface area (Å²) < 4.78 is 6.23. The number of hydrogen-bond donors (Lipinski definition) is 2. The Kier molecular flexibility index (Phi) is 5.34. The monoisotopic (exact) mass is 421 g/mol. The van der Waals surface area contributed by atoms with Crippen LogP contribution in [0.25, 0.3) is 10.9 Å². The molecule has 0 saturated carbocycles. The average molecular weight is 422 g/mol. The van der Waals surface area contributed by atoms with Crippen molar-refractivity contribution in [2.24, 2.45) is 11.8 Å². The van der Waals surface area contributed by atoms with Gasteiger partial charge in [0.05, 0.1) is 24.5 Å². The van der Waals surface area contributed by atoms with E-state index in [-0.39, 0.29) is 17.9 Å². The highest BCUT2D eigenvalue weighted by molar-refractivity contribution is 5.93. The van der Waals surface area contributed by atoms with Crippen molar-refractivity contribution in [3.63, 3.8) is 0 Å². The van der Waals surface area contributed by atoms with Crippen LogP contribution in [0.3, 0.4) is 0 Å². The normalized spacial score (nSPS) is 28.6. The van der Waals surface area contributed by atoms with E-state index in [0.717, 1.165) is 24.8 Å². The number of aromatic amines is 1. The predicted molar refractivity (Wildman–Crippen MR) is 119 cm³/mol. The minimum atomic E-state index is -0.633. The Hall–Kier alpha value is -2.60. The van der Waals surface area contributed by atoms with Gasteiger partial charge in [-0.3, -0.25) is 9.59 Å². The Morgan fingerprint density at radius 3 is 3.03 bits per heavy atom. The van der Waals surface area contributed by atoms with Crippen LogP contribution in [0.1, 0.15) is 38.2 Å². The molecule has 0 aliphatic carbocycles. The van der Waals surface area contributed by atoms with E-state index in [1.54, 1.807) is 0 Å². The number of hydrogen-bond acceptors (Lipinski definition) is 3. The molecule has 164 valence electrons. The van der Waals surface area contributed by atoms with E-state index >= 15 is 0 Å². The van der Waals surface area contributed by atoms with Gasteiger partial charge in [0.1, 0.15) is 5.60 Å². The van der Waals surface area contributed by atoms with Gasteiger partial charge in [0.15, 0.2) is 0 Å². The standard InChI is InChI=1S/C25H31N3O3/c1-2-3-4-7-13-26-23(29)21-20-10-12-25(31-20)16-28(24(30)22(21)25)14-11-17-15-27-19-9-6-5-8-18(17)19/h5-6,8-10,12,15,20-22,27H,2-4,7,11,13-14,16H2,1H3,(H,26,29)/t20-,21+,22+,25-/m0/s1. The molecule has 5 rings (SSSR count). The number of rotatable bonds is 9. The van der Waals surface area contributed by atoms with Crippen LogP contribution in [0.2, 0.25) is 0 Å². The number of nitrogens with zero attached hydrogens (tertiary/aromatic N) is 1. The lowest BCUT2D eigenvalue weighted by molar-refractivity contribution is -0.137. The summed E-state index contributed by atoms with van der Waals surface area (Å²) in [7, 11) is 0. The van der Waals surface area contributed by atoms with Crippen molar-refractivity contribution in [2.75, 3.05) is 19.6 Å². The molecule has 6 heteroatoms. The molecule has 2 aromatic rings. The Labute approximate surface area is 183 Å². The van der Waals surface area contributed by atoms with Gasteiger partial charge in [0.25, 0.3) is 0 Å². The van der Waals surface area contributed by atoms with Crippen LogP contribution in [-0.4, -0.2) is 53.0 Å². The number of carbonyl (C=O) groups excluding carboxylic acids is 2. The average Bonchev–Trinajstić information content (AvgIpc) is 3.52. The number of ether oxygens (including phenoxy) is 1. The van der Waals surface area contributed by atoms with E-state index in [9.17, 15) is 9.59 Å². The van der Waals surface area contributed by atoms with Gasteiger partial charge in [-0.05, 0) is 24.5 Å². The number of aromatic nitrogens is 1. The van der Waals surface area contributed by atoms with Gasteiger partial charge in [-0.15, -0.1) is 0 Å². The maximum atomic E-state index is 13.3. The number of amides is 2. The quantitative estimate of drug-likeness (QED) is 0.482. The van der Waals surface area contributed by atoms with Crippen LogP contribution in [0.5, 0.6) is 0 Å². The fourth-order valence-electron chi connectivity index (χ4n) is 5.54. The number of para-hydroxylation sites is 1. The summed E-state index contributed by atoms with van der Waals surface area (Å²) >= 11 is 0. The Morgan fingerprint density at radius 2 is 2.16 bits per heavy atom. The minimum Gasteiger partial charge on any atom is -0.361 e. The highest BCUT2D eigenvalue weighted by Crippen LogP contribution is 2.51. The summed E-state index contributed by atoms with van der Waals surface area (Å²) in [5, 5.41) is 4.26. The summed E-state index contributed by atoms with van der Waals surface area (Å²) in [6.07, 6.45) is 11.0. The number of benzene rings is 1. The lowest BCUT2D eigenvalue weighted by Gasteiger charge is -2.23. The van der Waals surface area contributed by atoms with Crippen molar-refractivity contribution in [2.45, 2.75) is 50.7 Å². The smallest absolute Gasteiger partial charge is 0.230 e. The van der Waals surface area contributed by atoms with Gasteiger partial charge in [0, 0.05) is 30.2 Å². The zero-order valence-electron chi connectivity index (χ0n) is 18.1. The lowest BCUT2D eigenvalue weighted by Crippen LogP contribution is -2.44. The SMILES string of the molecule is CCCCCCNC(=O)[C@@H]1[C@@H]2C=C[C@@]3(CN(CCc4c[nH]c5ccccc45)C(=O)[C@@H]13)O2. The van der Waals surface area contributed by atoms with Crippen LogP contribution in [-0.2, 0) is 20.7 Å². The fraction of sp³-hybridized carbons (Fsp3) is 0.520. The topological polar surface area (TPSA) is 74.4 Å². The summed E-state index contributed by atoms with van der Waals surface area (Å²) in [5.74, 6) is -0.801.